The Hall–Kier alpha value is -3.48. The van der Waals surface area contributed by atoms with Crippen molar-refractivity contribution in [3.63, 3.8) is 0 Å². The van der Waals surface area contributed by atoms with Gasteiger partial charge in [-0.25, -0.2) is 0 Å². The number of amides is 2. The lowest BCUT2D eigenvalue weighted by atomic mass is 10.1. The number of hydrogen-bond donors (Lipinski definition) is 1. The van der Waals surface area contributed by atoms with Crippen LogP contribution in [0.4, 0.5) is 11.4 Å². The fourth-order valence-electron chi connectivity index (χ4n) is 3.28. The number of hydrogen-bond acceptors (Lipinski definition) is 5. The van der Waals surface area contributed by atoms with Gasteiger partial charge in [-0.15, -0.1) is 0 Å². The molecular formula is C21H20N4O3. The number of carbonyl (C=O) groups is 2. The summed E-state index contributed by atoms with van der Waals surface area (Å²) in [5.41, 5.74) is 3.17. The molecule has 7 nitrogen and oxygen atoms in total. The molecule has 1 N–H and O–H groups in total. The molecule has 0 aliphatic carbocycles. The fraction of sp³-hybridized carbons (Fsp3) is 0.238. The molecule has 1 aliphatic rings. The number of nitrogens with one attached hydrogen (secondary N) is 1. The topological polar surface area (TPSA) is 88.3 Å². The molecule has 2 amide bonds. The van der Waals surface area contributed by atoms with Gasteiger partial charge in [0.2, 0.25) is 11.8 Å². The van der Waals surface area contributed by atoms with Crippen LogP contribution in [0.15, 0.2) is 53.1 Å². The number of aryl methyl sites for hydroxylation is 2. The largest absolute Gasteiger partial charge is 0.334 e. The minimum Gasteiger partial charge on any atom is -0.334 e. The van der Waals surface area contributed by atoms with Gasteiger partial charge in [0.15, 0.2) is 5.82 Å². The van der Waals surface area contributed by atoms with Crippen molar-refractivity contribution in [2.24, 2.45) is 5.92 Å². The van der Waals surface area contributed by atoms with Crippen molar-refractivity contribution in [2.45, 2.75) is 20.3 Å². The van der Waals surface area contributed by atoms with E-state index >= 15 is 0 Å². The van der Waals surface area contributed by atoms with E-state index in [4.69, 9.17) is 4.52 Å². The molecule has 2 heterocycles. The molecule has 0 spiro atoms. The predicted octanol–water partition coefficient (Wildman–Crippen LogP) is 3.35. The average Bonchev–Trinajstić information content (AvgIpc) is 3.29. The van der Waals surface area contributed by atoms with Crippen molar-refractivity contribution in [1.82, 2.24) is 10.1 Å². The number of anilines is 2. The van der Waals surface area contributed by atoms with Crippen LogP contribution in [0, 0.1) is 19.8 Å². The third kappa shape index (κ3) is 3.51. The number of nitrogens with zero attached hydrogens (tertiary/aromatic N) is 3. The van der Waals surface area contributed by atoms with Crippen molar-refractivity contribution in [3.05, 3.63) is 59.9 Å². The van der Waals surface area contributed by atoms with Gasteiger partial charge in [0, 0.05) is 18.7 Å². The zero-order chi connectivity index (χ0) is 19.7. The lowest BCUT2D eigenvalue weighted by molar-refractivity contribution is -0.122. The molecular weight excluding hydrogens is 356 g/mol. The summed E-state index contributed by atoms with van der Waals surface area (Å²) in [4.78, 5) is 31.1. The first-order valence-electron chi connectivity index (χ1n) is 9.09. The van der Waals surface area contributed by atoms with Crippen LogP contribution in [0.2, 0.25) is 0 Å². The number of aromatic nitrogens is 2. The van der Waals surface area contributed by atoms with Gasteiger partial charge >= 0.3 is 0 Å². The Balaban J connectivity index is 1.51. The SMILES string of the molecule is Cc1ccc(N2CC(C(=O)Nc3ccccc3-c3nc(C)no3)CC2=O)cc1. The number of rotatable bonds is 4. The number of benzene rings is 2. The van der Waals surface area contributed by atoms with E-state index in [2.05, 4.69) is 15.5 Å². The Bertz CT molecular complexity index is 1030. The molecule has 1 unspecified atom stereocenters. The average molecular weight is 376 g/mol. The van der Waals surface area contributed by atoms with E-state index in [1.54, 1.807) is 24.0 Å². The first kappa shape index (κ1) is 17.9. The molecule has 7 heteroatoms. The highest BCUT2D eigenvalue weighted by molar-refractivity contribution is 6.04. The molecule has 2 aromatic carbocycles. The molecule has 142 valence electrons. The van der Waals surface area contributed by atoms with E-state index in [9.17, 15) is 9.59 Å². The minimum absolute atomic E-state index is 0.0511. The van der Waals surface area contributed by atoms with Gasteiger partial charge in [-0.2, -0.15) is 4.98 Å². The highest BCUT2D eigenvalue weighted by Crippen LogP contribution is 2.29. The molecule has 0 bridgehead atoms. The van der Waals surface area contributed by atoms with Gasteiger partial charge in [-0.3, -0.25) is 9.59 Å². The Kier molecular flexibility index (Phi) is 4.65. The third-order valence-corrected chi connectivity index (χ3v) is 4.78. The second kappa shape index (κ2) is 7.26. The van der Waals surface area contributed by atoms with Crippen LogP contribution in [-0.2, 0) is 9.59 Å². The molecule has 1 aromatic heterocycles. The molecule has 0 radical (unpaired) electrons. The lowest BCUT2D eigenvalue weighted by Crippen LogP contribution is -2.28. The summed E-state index contributed by atoms with van der Waals surface area (Å²) in [6.45, 7) is 4.09. The van der Waals surface area contributed by atoms with Crippen molar-refractivity contribution < 1.29 is 14.1 Å². The van der Waals surface area contributed by atoms with Gasteiger partial charge in [0.25, 0.3) is 5.89 Å². The van der Waals surface area contributed by atoms with E-state index < -0.39 is 5.92 Å². The summed E-state index contributed by atoms with van der Waals surface area (Å²) < 4.78 is 5.22. The zero-order valence-electron chi connectivity index (χ0n) is 15.7. The van der Waals surface area contributed by atoms with Crippen LogP contribution in [-0.4, -0.2) is 28.5 Å². The van der Waals surface area contributed by atoms with Gasteiger partial charge in [-0.1, -0.05) is 35.0 Å². The standard InChI is InChI=1S/C21H20N4O3/c1-13-7-9-16(10-8-13)25-12-15(11-19(25)26)20(27)23-18-6-4-3-5-17(18)21-22-14(2)24-28-21/h3-10,15H,11-12H2,1-2H3,(H,23,27). The lowest BCUT2D eigenvalue weighted by Gasteiger charge is -2.17. The van der Waals surface area contributed by atoms with Crippen molar-refractivity contribution >= 4 is 23.2 Å². The van der Waals surface area contributed by atoms with Crippen LogP contribution in [0.5, 0.6) is 0 Å². The summed E-state index contributed by atoms with van der Waals surface area (Å²) in [6.07, 6.45) is 0.182. The predicted molar refractivity (Wildman–Crippen MR) is 105 cm³/mol. The van der Waals surface area contributed by atoms with E-state index in [1.165, 1.54) is 0 Å². The molecule has 28 heavy (non-hydrogen) atoms. The monoisotopic (exact) mass is 376 g/mol. The molecule has 1 atom stereocenters. The maximum Gasteiger partial charge on any atom is 0.260 e. The second-order valence-corrected chi connectivity index (χ2v) is 6.92. The van der Waals surface area contributed by atoms with E-state index in [-0.39, 0.29) is 18.2 Å². The smallest absolute Gasteiger partial charge is 0.260 e. The quantitative estimate of drug-likeness (QED) is 0.754. The molecule has 3 aromatic rings. The Morgan fingerprint density at radius 3 is 2.61 bits per heavy atom. The maximum absolute atomic E-state index is 12.8. The summed E-state index contributed by atoms with van der Waals surface area (Å²) in [5, 5.41) is 6.72. The fourth-order valence-corrected chi connectivity index (χ4v) is 3.28. The second-order valence-electron chi connectivity index (χ2n) is 6.92. The van der Waals surface area contributed by atoms with Gasteiger partial charge in [0.1, 0.15) is 0 Å². The van der Waals surface area contributed by atoms with Crippen molar-refractivity contribution in [1.29, 1.82) is 0 Å². The minimum atomic E-state index is -0.425. The zero-order valence-corrected chi connectivity index (χ0v) is 15.7. The third-order valence-electron chi connectivity index (χ3n) is 4.78. The Morgan fingerprint density at radius 1 is 1.14 bits per heavy atom. The van der Waals surface area contributed by atoms with Crippen molar-refractivity contribution in [3.8, 4) is 11.5 Å². The van der Waals surface area contributed by atoms with Gasteiger partial charge in [0.05, 0.1) is 17.2 Å². The number of para-hydroxylation sites is 1. The molecule has 4 rings (SSSR count). The summed E-state index contributed by atoms with van der Waals surface area (Å²) in [5.74, 6) is 0.186. The summed E-state index contributed by atoms with van der Waals surface area (Å²) >= 11 is 0. The molecule has 1 aliphatic heterocycles. The molecule has 0 saturated carbocycles. The van der Waals surface area contributed by atoms with E-state index in [0.717, 1.165) is 11.3 Å². The highest BCUT2D eigenvalue weighted by Gasteiger charge is 2.35. The van der Waals surface area contributed by atoms with Crippen LogP contribution in [0.1, 0.15) is 17.8 Å². The van der Waals surface area contributed by atoms with E-state index in [1.807, 2.05) is 43.3 Å². The highest BCUT2D eigenvalue weighted by atomic mass is 16.5. The summed E-state index contributed by atoms with van der Waals surface area (Å²) in [7, 11) is 0. The molecule has 1 fully saturated rings. The number of carbonyl (C=O) groups excluding carboxylic acids is 2. The van der Waals surface area contributed by atoms with Gasteiger partial charge in [-0.05, 0) is 38.1 Å². The van der Waals surface area contributed by atoms with Crippen LogP contribution in [0.3, 0.4) is 0 Å². The Morgan fingerprint density at radius 2 is 1.89 bits per heavy atom. The van der Waals surface area contributed by atoms with Crippen molar-refractivity contribution in [2.75, 3.05) is 16.8 Å². The van der Waals surface area contributed by atoms with Crippen LogP contribution < -0.4 is 10.2 Å². The Labute approximate surface area is 162 Å². The van der Waals surface area contributed by atoms with Crippen LogP contribution in [0.25, 0.3) is 11.5 Å². The van der Waals surface area contributed by atoms with Crippen LogP contribution >= 0.6 is 0 Å². The summed E-state index contributed by atoms with van der Waals surface area (Å²) in [6, 6.07) is 15.0. The van der Waals surface area contributed by atoms with Gasteiger partial charge < -0.3 is 14.7 Å². The molecule has 1 saturated heterocycles. The maximum atomic E-state index is 12.8. The van der Waals surface area contributed by atoms with E-state index in [0.29, 0.717) is 29.5 Å². The first-order valence-corrected chi connectivity index (χ1v) is 9.09. The first-order chi connectivity index (χ1) is 13.5. The normalized spacial score (nSPS) is 16.4.